The lowest BCUT2D eigenvalue weighted by Crippen LogP contribution is -2.39. The summed E-state index contributed by atoms with van der Waals surface area (Å²) < 4.78 is 5.57. The predicted octanol–water partition coefficient (Wildman–Crippen LogP) is 3.00. The Morgan fingerprint density at radius 1 is 1.41 bits per heavy atom. The number of rotatable bonds is 4. The molecule has 0 aliphatic heterocycles. The highest BCUT2D eigenvalue weighted by molar-refractivity contribution is 7.07. The van der Waals surface area contributed by atoms with E-state index in [0.29, 0.717) is 12.1 Å². The van der Waals surface area contributed by atoms with E-state index in [9.17, 15) is 0 Å². The number of thiazole rings is 1. The molecule has 1 aliphatic carbocycles. The van der Waals surface area contributed by atoms with E-state index in [2.05, 4.69) is 15.7 Å². The Hall–Kier alpha value is -0.160. The van der Waals surface area contributed by atoms with Gasteiger partial charge in [0.1, 0.15) is 0 Å². The number of halogens is 1. The van der Waals surface area contributed by atoms with E-state index in [1.807, 2.05) is 12.6 Å². The average molecular weight is 277 g/mol. The number of nitrogens with one attached hydrogen (secondary N) is 1. The summed E-state index contributed by atoms with van der Waals surface area (Å²) in [5, 5.41) is 5.69. The van der Waals surface area contributed by atoms with Gasteiger partial charge < -0.3 is 10.1 Å². The van der Waals surface area contributed by atoms with Crippen LogP contribution in [0, 0.1) is 0 Å². The monoisotopic (exact) mass is 276 g/mol. The first-order valence-electron chi connectivity index (χ1n) is 6.03. The van der Waals surface area contributed by atoms with Gasteiger partial charge in [0.15, 0.2) is 0 Å². The number of nitrogens with zero attached hydrogens (tertiary/aromatic N) is 1. The number of ether oxygens (including phenoxy) is 1. The molecule has 0 amide bonds. The molecule has 3 nitrogen and oxygen atoms in total. The average Bonchev–Trinajstić information content (AvgIpc) is 2.71. The van der Waals surface area contributed by atoms with E-state index in [-0.39, 0.29) is 12.4 Å². The van der Waals surface area contributed by atoms with Crippen LogP contribution in [0.15, 0.2) is 10.9 Å². The van der Waals surface area contributed by atoms with Crippen molar-refractivity contribution in [1.82, 2.24) is 10.3 Å². The Labute approximate surface area is 113 Å². The normalized spacial score (nSPS) is 25.0. The molecule has 0 radical (unpaired) electrons. The van der Waals surface area contributed by atoms with Crippen molar-refractivity contribution >= 4 is 23.7 Å². The van der Waals surface area contributed by atoms with Gasteiger partial charge in [-0.05, 0) is 12.8 Å². The highest BCUT2D eigenvalue weighted by Crippen LogP contribution is 2.20. The number of aromatic nitrogens is 1. The Kier molecular flexibility index (Phi) is 7.04. The molecule has 0 bridgehead atoms. The fourth-order valence-corrected chi connectivity index (χ4v) is 2.91. The van der Waals surface area contributed by atoms with Gasteiger partial charge in [0.25, 0.3) is 0 Å². The smallest absolute Gasteiger partial charge is 0.0795 e. The molecule has 0 spiro atoms. The molecule has 17 heavy (non-hydrogen) atoms. The van der Waals surface area contributed by atoms with Crippen LogP contribution >= 0.6 is 23.7 Å². The van der Waals surface area contributed by atoms with Crippen molar-refractivity contribution in [3.63, 3.8) is 0 Å². The van der Waals surface area contributed by atoms with Crippen LogP contribution in [0.2, 0.25) is 0 Å². The first kappa shape index (κ1) is 14.9. The minimum Gasteiger partial charge on any atom is -0.380 e. The van der Waals surface area contributed by atoms with E-state index < -0.39 is 0 Å². The van der Waals surface area contributed by atoms with Crippen molar-refractivity contribution in [1.29, 1.82) is 0 Å². The fraction of sp³-hybridized carbons (Fsp3) is 0.750. The maximum atomic E-state index is 5.57. The van der Waals surface area contributed by atoms with Gasteiger partial charge >= 0.3 is 0 Å². The summed E-state index contributed by atoms with van der Waals surface area (Å²) in [4.78, 5) is 4.29. The highest BCUT2D eigenvalue weighted by atomic mass is 35.5. The first-order chi connectivity index (χ1) is 7.90. The van der Waals surface area contributed by atoms with E-state index in [0.717, 1.165) is 12.2 Å². The van der Waals surface area contributed by atoms with Crippen LogP contribution in [-0.4, -0.2) is 24.2 Å². The number of hydrogen-bond acceptors (Lipinski definition) is 4. The predicted molar refractivity (Wildman–Crippen MR) is 73.9 cm³/mol. The molecule has 2 atom stereocenters. The van der Waals surface area contributed by atoms with Crippen LogP contribution in [0.25, 0.3) is 0 Å². The van der Waals surface area contributed by atoms with Gasteiger partial charge in [-0.25, -0.2) is 4.98 Å². The molecule has 1 aromatic heterocycles. The van der Waals surface area contributed by atoms with E-state index in [4.69, 9.17) is 4.74 Å². The largest absolute Gasteiger partial charge is 0.380 e. The highest BCUT2D eigenvalue weighted by Gasteiger charge is 2.22. The Bertz CT molecular complexity index is 295. The van der Waals surface area contributed by atoms with Crippen LogP contribution in [0.3, 0.4) is 0 Å². The summed E-state index contributed by atoms with van der Waals surface area (Å²) in [6.45, 7) is 0.869. The molecule has 1 heterocycles. The topological polar surface area (TPSA) is 34.1 Å². The zero-order valence-electron chi connectivity index (χ0n) is 10.2. The van der Waals surface area contributed by atoms with Crippen LogP contribution in [0.4, 0.5) is 0 Å². The van der Waals surface area contributed by atoms with Crippen molar-refractivity contribution < 1.29 is 4.74 Å². The summed E-state index contributed by atoms with van der Waals surface area (Å²) in [5.74, 6) is 0. The molecule has 1 fully saturated rings. The molecular formula is C12H21ClN2OS. The molecule has 2 rings (SSSR count). The second-order valence-electron chi connectivity index (χ2n) is 4.38. The lowest BCUT2D eigenvalue weighted by Gasteiger charge is -2.24. The molecule has 1 saturated carbocycles. The molecular weight excluding hydrogens is 256 g/mol. The Morgan fingerprint density at radius 3 is 2.94 bits per heavy atom. The maximum absolute atomic E-state index is 5.57. The van der Waals surface area contributed by atoms with Crippen molar-refractivity contribution in [2.24, 2.45) is 0 Å². The van der Waals surface area contributed by atoms with Gasteiger partial charge in [-0.3, -0.25) is 0 Å². The quantitative estimate of drug-likeness (QED) is 0.859. The van der Waals surface area contributed by atoms with Crippen molar-refractivity contribution in [2.75, 3.05) is 7.11 Å². The lowest BCUT2D eigenvalue weighted by atomic mass is 10.1. The van der Waals surface area contributed by atoms with Crippen LogP contribution < -0.4 is 5.32 Å². The van der Waals surface area contributed by atoms with Gasteiger partial charge in [-0.15, -0.1) is 23.7 Å². The molecule has 2 unspecified atom stereocenters. The third-order valence-corrected chi connectivity index (χ3v) is 3.92. The molecule has 0 saturated heterocycles. The lowest BCUT2D eigenvalue weighted by molar-refractivity contribution is 0.0625. The van der Waals surface area contributed by atoms with Gasteiger partial charge in [-0.2, -0.15) is 0 Å². The molecule has 98 valence electrons. The Morgan fingerprint density at radius 2 is 2.24 bits per heavy atom. The maximum Gasteiger partial charge on any atom is 0.0795 e. The second-order valence-corrected chi connectivity index (χ2v) is 5.10. The van der Waals surface area contributed by atoms with Crippen LogP contribution in [0.1, 0.15) is 37.8 Å². The van der Waals surface area contributed by atoms with Gasteiger partial charge in [0.05, 0.1) is 17.3 Å². The third kappa shape index (κ3) is 4.54. The molecule has 5 heteroatoms. The zero-order chi connectivity index (χ0) is 11.2. The molecule has 1 aromatic rings. The van der Waals surface area contributed by atoms with Gasteiger partial charge in [0, 0.05) is 25.1 Å². The standard InChI is InChI=1S/C12H20N2OS.ClH/c1-15-12-6-4-2-3-5-11(12)13-7-10-8-16-9-14-10;/h8-9,11-13H,2-7H2,1H3;1H. The molecule has 1 aliphatic rings. The molecule has 0 aromatic carbocycles. The van der Waals surface area contributed by atoms with Crippen LogP contribution in [0.5, 0.6) is 0 Å². The zero-order valence-corrected chi connectivity index (χ0v) is 11.9. The summed E-state index contributed by atoms with van der Waals surface area (Å²) in [6, 6.07) is 0.495. The van der Waals surface area contributed by atoms with Crippen molar-refractivity contribution in [3.05, 3.63) is 16.6 Å². The van der Waals surface area contributed by atoms with Gasteiger partial charge in [-0.1, -0.05) is 19.3 Å². The van der Waals surface area contributed by atoms with E-state index in [1.165, 1.54) is 32.1 Å². The number of hydrogen-bond donors (Lipinski definition) is 1. The third-order valence-electron chi connectivity index (χ3n) is 3.28. The molecule has 1 N–H and O–H groups in total. The minimum atomic E-state index is 0. The van der Waals surface area contributed by atoms with E-state index >= 15 is 0 Å². The SMILES string of the molecule is COC1CCCCCC1NCc1cscn1.Cl. The van der Waals surface area contributed by atoms with Gasteiger partial charge in [0.2, 0.25) is 0 Å². The van der Waals surface area contributed by atoms with Crippen molar-refractivity contribution in [2.45, 2.75) is 50.8 Å². The number of methoxy groups -OCH3 is 1. The second kappa shape index (κ2) is 8.03. The van der Waals surface area contributed by atoms with Crippen LogP contribution in [-0.2, 0) is 11.3 Å². The summed E-state index contributed by atoms with van der Waals surface area (Å²) in [5.41, 5.74) is 3.03. The van der Waals surface area contributed by atoms with Crippen molar-refractivity contribution in [3.8, 4) is 0 Å². The summed E-state index contributed by atoms with van der Waals surface area (Å²) >= 11 is 1.65. The minimum absolute atomic E-state index is 0. The van der Waals surface area contributed by atoms with E-state index in [1.54, 1.807) is 11.3 Å². The summed E-state index contributed by atoms with van der Waals surface area (Å²) in [7, 11) is 1.83. The Balaban J connectivity index is 0.00000144. The fourth-order valence-electron chi connectivity index (χ4n) is 2.35. The summed E-state index contributed by atoms with van der Waals surface area (Å²) in [6.07, 6.45) is 6.74. The first-order valence-corrected chi connectivity index (χ1v) is 6.97.